The smallest absolute Gasteiger partial charge is 0.343 e. The lowest BCUT2D eigenvalue weighted by Crippen LogP contribution is -2.19. The monoisotopic (exact) mass is 329 g/mol. The Morgan fingerprint density at radius 1 is 1.13 bits per heavy atom. The van der Waals surface area contributed by atoms with Crippen molar-refractivity contribution in [3.8, 4) is 5.75 Å². The highest BCUT2D eigenvalue weighted by atomic mass is 32.2. The molecule has 0 saturated carbocycles. The lowest BCUT2D eigenvalue weighted by molar-refractivity contribution is -0.116. The maximum absolute atomic E-state index is 12.1. The van der Waals surface area contributed by atoms with Gasteiger partial charge in [0.15, 0.2) is 0 Å². The first kappa shape index (κ1) is 15.4. The van der Waals surface area contributed by atoms with Gasteiger partial charge in [-0.15, -0.1) is 0 Å². The number of aryl methyl sites for hydroxylation is 1. The van der Waals surface area contributed by atoms with Gasteiger partial charge in [0, 0.05) is 34.1 Å². The molecule has 23 heavy (non-hydrogen) atoms. The highest BCUT2D eigenvalue weighted by Gasteiger charge is 2.16. The predicted molar refractivity (Wildman–Crippen MR) is 87.1 cm³/mol. The summed E-state index contributed by atoms with van der Waals surface area (Å²) in [6.45, 7) is 0. The molecule has 0 fully saturated rings. The van der Waals surface area contributed by atoms with Crippen LogP contribution in [-0.4, -0.2) is 22.3 Å². The number of esters is 1. The van der Waals surface area contributed by atoms with Gasteiger partial charge in [-0.1, -0.05) is 0 Å². The van der Waals surface area contributed by atoms with Crippen molar-refractivity contribution in [2.45, 2.75) is 17.7 Å². The van der Waals surface area contributed by atoms with Crippen LogP contribution in [-0.2, 0) is 22.0 Å². The molecule has 0 radical (unpaired) electrons. The van der Waals surface area contributed by atoms with Crippen molar-refractivity contribution < 1.29 is 18.5 Å². The Morgan fingerprint density at radius 3 is 2.57 bits per heavy atom. The third kappa shape index (κ3) is 3.48. The molecule has 1 aliphatic heterocycles. The van der Waals surface area contributed by atoms with Gasteiger partial charge in [-0.25, -0.2) is 4.79 Å². The summed E-state index contributed by atoms with van der Waals surface area (Å²) in [7, 11) is -1.08. The van der Waals surface area contributed by atoms with Crippen LogP contribution < -0.4 is 10.1 Å². The molecule has 0 aliphatic carbocycles. The number of fused-ring (bicyclic) bond motifs is 1. The number of carbonyl (C=O) groups excluding carboxylic acids is 2. The number of hydrogen-bond acceptors (Lipinski definition) is 4. The lowest BCUT2D eigenvalue weighted by Gasteiger charge is -2.17. The Morgan fingerprint density at radius 2 is 1.87 bits per heavy atom. The molecule has 0 unspecified atom stereocenters. The summed E-state index contributed by atoms with van der Waals surface area (Å²) < 4.78 is 16.7. The third-order valence-electron chi connectivity index (χ3n) is 3.60. The van der Waals surface area contributed by atoms with E-state index in [4.69, 9.17) is 4.74 Å². The maximum Gasteiger partial charge on any atom is 0.343 e. The van der Waals surface area contributed by atoms with Gasteiger partial charge in [0.2, 0.25) is 5.91 Å². The summed E-state index contributed by atoms with van der Waals surface area (Å²) in [4.78, 5) is 24.1. The van der Waals surface area contributed by atoms with Crippen LogP contribution in [0, 0.1) is 0 Å². The second-order valence-corrected chi connectivity index (χ2v) is 6.61. The second-order valence-electron chi connectivity index (χ2n) is 5.24. The van der Waals surface area contributed by atoms with Crippen LogP contribution in [0.4, 0.5) is 5.69 Å². The molecular weight excluding hydrogens is 314 g/mol. The number of rotatable bonds is 3. The number of anilines is 1. The lowest BCUT2D eigenvalue weighted by atomic mass is 10.0. The molecule has 0 spiro atoms. The van der Waals surface area contributed by atoms with Crippen LogP contribution >= 0.6 is 0 Å². The number of carbonyl (C=O) groups is 2. The maximum atomic E-state index is 12.1. The molecular formula is C17H15NO4S. The number of benzene rings is 2. The molecule has 0 aromatic heterocycles. The third-order valence-corrected chi connectivity index (χ3v) is 4.54. The van der Waals surface area contributed by atoms with E-state index in [1.54, 1.807) is 48.7 Å². The zero-order valence-electron chi connectivity index (χ0n) is 12.5. The molecule has 1 atom stereocenters. The number of amides is 1. The number of nitrogens with one attached hydrogen (secondary N) is 1. The van der Waals surface area contributed by atoms with Gasteiger partial charge in [0.1, 0.15) is 5.75 Å². The van der Waals surface area contributed by atoms with E-state index < -0.39 is 16.8 Å². The van der Waals surface area contributed by atoms with E-state index in [0.29, 0.717) is 29.1 Å². The van der Waals surface area contributed by atoms with E-state index in [0.717, 1.165) is 11.3 Å². The van der Waals surface area contributed by atoms with Crippen LogP contribution in [0.25, 0.3) is 0 Å². The zero-order valence-corrected chi connectivity index (χ0v) is 13.3. The SMILES string of the molecule is C[S@@](=O)c1ccc(C(=O)Oc2ccc3c(c2)CCC(=O)N3)cc1. The minimum atomic E-state index is -1.08. The second kappa shape index (κ2) is 6.34. The molecule has 6 heteroatoms. The first-order valence-electron chi connectivity index (χ1n) is 7.11. The quantitative estimate of drug-likeness (QED) is 0.694. The van der Waals surface area contributed by atoms with E-state index in [1.165, 1.54) is 0 Å². The van der Waals surface area contributed by atoms with Gasteiger partial charge < -0.3 is 10.1 Å². The Labute approximate surface area is 136 Å². The van der Waals surface area contributed by atoms with Crippen LogP contribution in [0.1, 0.15) is 22.3 Å². The highest BCUT2D eigenvalue weighted by molar-refractivity contribution is 7.84. The fraction of sp³-hybridized carbons (Fsp3) is 0.176. The largest absolute Gasteiger partial charge is 0.423 e. The van der Waals surface area contributed by atoms with Crippen molar-refractivity contribution in [3.05, 3.63) is 53.6 Å². The van der Waals surface area contributed by atoms with E-state index in [9.17, 15) is 13.8 Å². The Balaban J connectivity index is 1.75. The van der Waals surface area contributed by atoms with Crippen LogP contribution in [0.2, 0.25) is 0 Å². The van der Waals surface area contributed by atoms with Crippen molar-refractivity contribution in [2.75, 3.05) is 11.6 Å². The van der Waals surface area contributed by atoms with Crippen LogP contribution in [0.15, 0.2) is 47.4 Å². The summed E-state index contributed by atoms with van der Waals surface area (Å²) in [6.07, 6.45) is 2.64. The van der Waals surface area contributed by atoms with E-state index in [2.05, 4.69) is 5.32 Å². The molecule has 2 aromatic rings. The van der Waals surface area contributed by atoms with Crippen molar-refractivity contribution in [3.63, 3.8) is 0 Å². The fourth-order valence-corrected chi connectivity index (χ4v) is 2.89. The van der Waals surface area contributed by atoms with Crippen molar-refractivity contribution >= 4 is 28.4 Å². The Hall–Kier alpha value is -2.47. The molecule has 118 valence electrons. The summed E-state index contributed by atoms with van der Waals surface area (Å²) in [6, 6.07) is 11.6. The number of ether oxygens (including phenoxy) is 1. The summed E-state index contributed by atoms with van der Waals surface area (Å²) in [5.74, 6) is -0.0399. The molecule has 0 saturated heterocycles. The van der Waals surface area contributed by atoms with Gasteiger partial charge in [-0.3, -0.25) is 9.00 Å². The molecule has 3 rings (SSSR count). The van der Waals surface area contributed by atoms with Gasteiger partial charge in [-0.05, 0) is 54.4 Å². The summed E-state index contributed by atoms with van der Waals surface area (Å²) in [5.41, 5.74) is 2.10. The van der Waals surface area contributed by atoms with Gasteiger partial charge >= 0.3 is 5.97 Å². The molecule has 1 aliphatic rings. The van der Waals surface area contributed by atoms with E-state index in [-0.39, 0.29) is 5.91 Å². The minimum absolute atomic E-state index is 0.00403. The molecule has 0 bridgehead atoms. The van der Waals surface area contributed by atoms with Gasteiger partial charge in [0.05, 0.1) is 5.56 Å². The minimum Gasteiger partial charge on any atom is -0.423 e. The zero-order chi connectivity index (χ0) is 16.4. The normalized spacial score (nSPS) is 14.6. The van der Waals surface area contributed by atoms with Crippen molar-refractivity contribution in [1.29, 1.82) is 0 Å². The topological polar surface area (TPSA) is 72.5 Å². The van der Waals surface area contributed by atoms with Crippen LogP contribution in [0.5, 0.6) is 5.75 Å². The molecule has 1 N–H and O–H groups in total. The van der Waals surface area contributed by atoms with Gasteiger partial charge in [0.25, 0.3) is 0 Å². The fourth-order valence-electron chi connectivity index (χ4n) is 2.37. The van der Waals surface area contributed by atoms with Crippen molar-refractivity contribution in [2.24, 2.45) is 0 Å². The molecule has 2 aromatic carbocycles. The standard InChI is InChI=1S/C17H15NO4S/c1-23(21)14-6-2-11(3-7-14)17(20)22-13-5-8-15-12(10-13)4-9-16(19)18-15/h2-3,5-8,10H,4,9H2,1H3,(H,18,19)/t23-/m1/s1. The first-order chi connectivity index (χ1) is 11.0. The summed E-state index contributed by atoms with van der Waals surface area (Å²) in [5, 5.41) is 2.78. The van der Waals surface area contributed by atoms with E-state index >= 15 is 0 Å². The van der Waals surface area contributed by atoms with Crippen molar-refractivity contribution in [1.82, 2.24) is 0 Å². The highest BCUT2D eigenvalue weighted by Crippen LogP contribution is 2.27. The first-order valence-corrected chi connectivity index (χ1v) is 8.67. The predicted octanol–water partition coefficient (Wildman–Crippen LogP) is 2.53. The van der Waals surface area contributed by atoms with Crippen LogP contribution in [0.3, 0.4) is 0 Å². The molecule has 5 nitrogen and oxygen atoms in total. The molecule has 1 heterocycles. The Kier molecular flexibility index (Phi) is 4.25. The number of hydrogen-bond donors (Lipinski definition) is 1. The summed E-state index contributed by atoms with van der Waals surface area (Å²) >= 11 is 0. The van der Waals surface area contributed by atoms with Gasteiger partial charge in [-0.2, -0.15) is 0 Å². The Bertz CT molecular complexity index is 799. The average Bonchev–Trinajstić information content (AvgIpc) is 2.55. The van der Waals surface area contributed by atoms with E-state index in [1.807, 2.05) is 0 Å². The average molecular weight is 329 g/mol. The molecule has 1 amide bonds.